The Morgan fingerprint density at radius 1 is 1.21 bits per heavy atom. The molecule has 1 fully saturated rings. The number of ether oxygens (including phenoxy) is 3. The summed E-state index contributed by atoms with van der Waals surface area (Å²) in [5.41, 5.74) is -4.51. The van der Waals surface area contributed by atoms with Gasteiger partial charge in [-0.05, 0) is 32.2 Å². The second-order valence-corrected chi connectivity index (χ2v) is 15.4. The monoisotopic (exact) mass is 522 g/mol. The van der Waals surface area contributed by atoms with Crippen molar-refractivity contribution in [2.45, 2.75) is 62.8 Å². The van der Waals surface area contributed by atoms with Crippen molar-refractivity contribution in [2.75, 3.05) is 32.8 Å². The molecule has 1 aliphatic rings. The van der Waals surface area contributed by atoms with E-state index in [1.165, 1.54) is 13.6 Å². The average molecular weight is 522 g/mol. The number of carbonyl (C=O) groups is 1. The van der Waals surface area contributed by atoms with Crippen LogP contribution in [0.3, 0.4) is 0 Å². The zero-order chi connectivity index (χ0) is 25.8. The lowest BCUT2D eigenvalue weighted by molar-refractivity contribution is -0.159. The van der Waals surface area contributed by atoms with Crippen molar-refractivity contribution in [2.24, 2.45) is 0 Å². The summed E-state index contributed by atoms with van der Waals surface area (Å²) in [6, 6.07) is 8.32. The third-order valence-corrected chi connectivity index (χ3v) is 9.49. The van der Waals surface area contributed by atoms with E-state index < -0.39 is 56.4 Å². The summed E-state index contributed by atoms with van der Waals surface area (Å²) >= 11 is 0. The van der Waals surface area contributed by atoms with E-state index in [-0.39, 0.29) is 25.8 Å². The molecule has 0 aromatic heterocycles. The summed E-state index contributed by atoms with van der Waals surface area (Å²) in [6.07, 6.45) is -3.19. The number of hydrogen-bond acceptors (Lipinski definition) is 7. The molecule has 1 aromatic rings. The first kappa shape index (κ1) is 29.2. The maximum atomic E-state index is 15.2. The fourth-order valence-corrected chi connectivity index (χ4v) is 6.23. The van der Waals surface area contributed by atoms with Crippen LogP contribution < -0.4 is 0 Å². The molecule has 1 aliphatic heterocycles. The Balaban J connectivity index is 2.50. The van der Waals surface area contributed by atoms with E-state index >= 15 is 8.78 Å². The molecule has 0 spiro atoms. The molecule has 0 radical (unpaired) electrons. The Bertz CT molecular complexity index is 927. The van der Waals surface area contributed by atoms with Crippen molar-refractivity contribution >= 4 is 28.3 Å². The molecule has 2 unspecified atom stereocenters. The zero-order valence-corrected chi connectivity index (χ0v) is 22.5. The molecule has 12 heteroatoms. The molecule has 0 bridgehead atoms. The van der Waals surface area contributed by atoms with E-state index in [0.29, 0.717) is 0 Å². The lowest BCUT2D eigenvalue weighted by atomic mass is 9.85. The highest BCUT2D eigenvalue weighted by Gasteiger charge is 2.61. The Morgan fingerprint density at radius 2 is 1.82 bits per heavy atom. The van der Waals surface area contributed by atoms with Gasteiger partial charge in [-0.15, -0.1) is 0 Å². The van der Waals surface area contributed by atoms with E-state index in [1.807, 2.05) is 30.3 Å². The van der Waals surface area contributed by atoms with Crippen LogP contribution in [-0.4, -0.2) is 76.1 Å². The van der Waals surface area contributed by atoms with E-state index in [1.54, 1.807) is 14.8 Å². The van der Waals surface area contributed by atoms with Crippen LogP contribution in [0.2, 0.25) is 0 Å². The van der Waals surface area contributed by atoms with Crippen molar-refractivity contribution in [3.63, 3.8) is 0 Å². The van der Waals surface area contributed by atoms with E-state index in [0.717, 1.165) is 18.9 Å². The number of alkyl halides is 2. The van der Waals surface area contributed by atoms with Crippen LogP contribution in [0.25, 0.3) is 0 Å². The van der Waals surface area contributed by atoms with Gasteiger partial charge in [0, 0.05) is 19.8 Å². The Morgan fingerprint density at radius 3 is 2.35 bits per heavy atom. The molecule has 34 heavy (non-hydrogen) atoms. The van der Waals surface area contributed by atoms with E-state index in [4.69, 9.17) is 18.7 Å². The molecule has 2 rings (SSSR count). The highest BCUT2D eigenvalue weighted by atomic mass is 31.2. The minimum absolute atomic E-state index is 0.0534. The number of esters is 1. The molecule has 192 valence electrons. The highest BCUT2D eigenvalue weighted by Crippen LogP contribution is 2.60. The van der Waals surface area contributed by atoms with Gasteiger partial charge in [0.1, 0.15) is 32.8 Å². The molecule has 5 atom stereocenters. The molecular weight excluding hydrogens is 487 g/mol. The molecule has 0 amide bonds. The van der Waals surface area contributed by atoms with Gasteiger partial charge in [-0.25, -0.2) is 0 Å². The quantitative estimate of drug-likeness (QED) is 0.231. The fourth-order valence-electron chi connectivity index (χ4n) is 4.12. The van der Waals surface area contributed by atoms with Gasteiger partial charge >= 0.3 is 5.97 Å². The van der Waals surface area contributed by atoms with Crippen LogP contribution in [-0.2, 0) is 39.3 Å². The molecule has 0 aliphatic carbocycles. The van der Waals surface area contributed by atoms with Crippen molar-refractivity contribution in [3.8, 4) is 0 Å². The lowest BCUT2D eigenvalue weighted by Crippen LogP contribution is -2.50. The summed E-state index contributed by atoms with van der Waals surface area (Å²) in [5.74, 6) is -0.608. The Hall–Kier alpha value is -1.05. The summed E-state index contributed by atoms with van der Waals surface area (Å²) in [4.78, 5) is 11.8. The van der Waals surface area contributed by atoms with E-state index in [2.05, 4.69) is 0 Å². The van der Waals surface area contributed by atoms with Crippen molar-refractivity contribution in [1.82, 2.24) is 0 Å². The molecule has 1 saturated heterocycles. The van der Waals surface area contributed by atoms with Crippen molar-refractivity contribution in [3.05, 3.63) is 35.9 Å². The zero-order valence-electron chi connectivity index (χ0n) is 20.7. The smallest absolute Gasteiger partial charge is 0.303 e. The highest BCUT2D eigenvalue weighted by molar-refractivity contribution is 7.63. The van der Waals surface area contributed by atoms with Crippen LogP contribution in [0.1, 0.15) is 32.3 Å². The number of hydrogen-bond donors (Lipinski definition) is 0. The Kier molecular flexibility index (Phi) is 9.74. The third-order valence-electron chi connectivity index (χ3n) is 5.92. The predicted octanol–water partition coefficient (Wildman–Crippen LogP) is 4.17. The van der Waals surface area contributed by atoms with Gasteiger partial charge in [-0.3, -0.25) is 9.36 Å². The maximum Gasteiger partial charge on any atom is 0.303 e. The first-order chi connectivity index (χ1) is 15.6. The number of benzene rings is 1. The normalized spacial score (nSPS) is 27.3. The topological polar surface area (TPSA) is 88.1 Å². The Labute approximate surface area is 201 Å². The van der Waals surface area contributed by atoms with Crippen LogP contribution in [0.5, 0.6) is 0 Å². The van der Waals surface area contributed by atoms with Crippen LogP contribution >= 0.6 is 14.5 Å². The maximum absolute atomic E-state index is 15.2. The van der Waals surface area contributed by atoms with Crippen molar-refractivity contribution < 1.29 is 41.4 Å². The first-order valence-electron chi connectivity index (χ1n) is 11.3. The number of carbonyl (C=O) groups excluding carboxylic acids is 1. The van der Waals surface area contributed by atoms with Gasteiger partial charge in [0.05, 0.1) is 25.6 Å². The van der Waals surface area contributed by atoms with Crippen molar-refractivity contribution in [1.29, 1.82) is 0 Å². The summed E-state index contributed by atoms with van der Waals surface area (Å²) in [5, 5.41) is 0. The summed E-state index contributed by atoms with van der Waals surface area (Å²) in [6.45, 7) is 6.66. The molecule has 0 saturated carbocycles. The largest absolute Gasteiger partial charge is 0.458 e. The minimum Gasteiger partial charge on any atom is -0.458 e. The number of halogens is 2. The molecule has 7 nitrogen and oxygen atoms in total. The van der Waals surface area contributed by atoms with Gasteiger partial charge in [0.15, 0.2) is 7.37 Å². The minimum atomic E-state index is -3.89. The SMILES string of the molecule is B[C@@H]1O[C@@](CCP(C)(=O)OCC)(CC(F)(F)P(C)(C)=O)C(OCc2ccccc2)[C@@H]1OC(C)=O. The van der Waals surface area contributed by atoms with Gasteiger partial charge in [-0.2, -0.15) is 8.78 Å². The second kappa shape index (κ2) is 11.3. The van der Waals surface area contributed by atoms with Gasteiger partial charge in [-0.1, -0.05) is 30.3 Å². The first-order valence-corrected chi connectivity index (χ1v) is 16.1. The molecule has 1 aromatic carbocycles. The van der Waals surface area contributed by atoms with Gasteiger partial charge < -0.3 is 23.3 Å². The van der Waals surface area contributed by atoms with Gasteiger partial charge in [0.2, 0.25) is 0 Å². The number of rotatable bonds is 12. The van der Waals surface area contributed by atoms with Gasteiger partial charge in [0.25, 0.3) is 5.66 Å². The fraction of sp³-hybridized carbons (Fsp3) is 0.682. The average Bonchev–Trinajstić information content (AvgIpc) is 2.95. The summed E-state index contributed by atoms with van der Waals surface area (Å²) < 4.78 is 78.8. The van der Waals surface area contributed by atoms with Crippen LogP contribution in [0, 0.1) is 0 Å². The van der Waals surface area contributed by atoms with Crippen LogP contribution in [0.4, 0.5) is 8.78 Å². The standard InChI is InChI=1S/C22H35BF2O7P2/c1-6-30-34(5,28)13-12-21(15-22(24,25)33(3,4)27)19(18(20(23)32-21)31-16(2)26)29-14-17-10-8-7-9-11-17/h7-11,18-20H,6,12-15,23H2,1-5H3/t18-,19?,20+,21-,34?/m0/s1. The third kappa shape index (κ3) is 7.48. The second-order valence-electron chi connectivity index (χ2n) is 9.28. The van der Waals surface area contributed by atoms with Crippen LogP contribution in [0.15, 0.2) is 30.3 Å². The molecular formula is C22H35BF2O7P2. The molecule has 0 N–H and O–H groups in total. The van der Waals surface area contributed by atoms with E-state index in [9.17, 15) is 13.9 Å². The molecule has 1 heterocycles. The summed E-state index contributed by atoms with van der Waals surface area (Å²) in [7, 11) is -5.40. The lowest BCUT2D eigenvalue weighted by Gasteiger charge is -2.39. The predicted molar refractivity (Wildman–Crippen MR) is 130 cm³/mol.